The van der Waals surface area contributed by atoms with E-state index in [0.29, 0.717) is 16.6 Å². The van der Waals surface area contributed by atoms with Crippen molar-refractivity contribution in [2.45, 2.75) is 4.90 Å². The minimum atomic E-state index is 0.427. The van der Waals surface area contributed by atoms with E-state index >= 15 is 0 Å². The molecule has 1 aromatic rings. The van der Waals surface area contributed by atoms with E-state index in [1.54, 1.807) is 25.3 Å². The summed E-state index contributed by atoms with van der Waals surface area (Å²) in [5.74, 6) is 0.720. The van der Waals surface area contributed by atoms with Crippen molar-refractivity contribution in [2.75, 3.05) is 7.11 Å². The van der Waals surface area contributed by atoms with Crippen molar-refractivity contribution in [3.05, 3.63) is 24.3 Å². The van der Waals surface area contributed by atoms with Crippen molar-refractivity contribution in [2.24, 2.45) is 0 Å². The summed E-state index contributed by atoms with van der Waals surface area (Å²) in [6.07, 6.45) is 0. The number of hydrogen-bond donors (Lipinski definition) is 0. The molecule has 1 aromatic carbocycles. The van der Waals surface area contributed by atoms with Crippen LogP contribution in [0.25, 0.3) is 0 Å². The molecule has 0 saturated heterocycles. The molecule has 0 aromatic heterocycles. The van der Waals surface area contributed by atoms with Crippen molar-refractivity contribution in [3.8, 4) is 5.75 Å². The van der Waals surface area contributed by atoms with Crippen molar-refractivity contribution >= 4 is 11.7 Å². The van der Waals surface area contributed by atoms with E-state index in [2.05, 4.69) is 6.07 Å². The van der Waals surface area contributed by atoms with Crippen LogP contribution in [0.5, 0.6) is 5.75 Å². The zero-order valence-corrected chi connectivity index (χ0v) is 6.27. The Morgan fingerprint density at radius 1 is 1.60 bits per heavy atom. The Bertz CT molecular complexity index is 218. The molecule has 0 atom stereocenters. The lowest BCUT2D eigenvalue weighted by Gasteiger charge is -1.93. The fourth-order valence-electron chi connectivity index (χ4n) is 0.575. The molecule has 0 bridgehead atoms. The van der Waals surface area contributed by atoms with Gasteiger partial charge < -0.3 is 4.74 Å². The highest BCUT2D eigenvalue weighted by atomic mass is 32.1. The molecule has 51 valence electrons. The standard InChI is InChI=1S/C7H6O2S/c1-9-6-2-4-7(10-8)5-3-6/h2-4H,1H3/q+1. The molecule has 0 heterocycles. The summed E-state index contributed by atoms with van der Waals surface area (Å²) in [4.78, 5) is 0.584. The van der Waals surface area contributed by atoms with E-state index in [-0.39, 0.29) is 0 Å². The molecular formula is C7H6O2S+. The van der Waals surface area contributed by atoms with E-state index in [4.69, 9.17) is 4.74 Å². The summed E-state index contributed by atoms with van der Waals surface area (Å²) < 4.78 is 15.0. The average molecular weight is 154 g/mol. The van der Waals surface area contributed by atoms with Crippen molar-refractivity contribution < 1.29 is 8.95 Å². The summed E-state index contributed by atoms with van der Waals surface area (Å²) >= 11 is 0.427. The predicted molar refractivity (Wildman–Crippen MR) is 38.1 cm³/mol. The van der Waals surface area contributed by atoms with Gasteiger partial charge in [-0.1, -0.05) is 0 Å². The highest BCUT2D eigenvalue weighted by Gasteiger charge is 2.04. The number of methoxy groups -OCH3 is 1. The quantitative estimate of drug-likeness (QED) is 0.600. The third-order valence-corrected chi connectivity index (χ3v) is 1.51. The van der Waals surface area contributed by atoms with Crippen LogP contribution in [0, 0.1) is 6.07 Å². The van der Waals surface area contributed by atoms with E-state index < -0.39 is 0 Å². The molecule has 0 saturated carbocycles. The highest BCUT2D eigenvalue weighted by Crippen LogP contribution is 2.09. The molecule has 0 aliphatic rings. The highest BCUT2D eigenvalue weighted by molar-refractivity contribution is 7.65. The molecule has 0 fully saturated rings. The first kappa shape index (κ1) is 7.15. The number of hydrogen-bond acceptors (Lipinski definition) is 2. The molecule has 0 amide bonds. The molecule has 0 aliphatic carbocycles. The Balaban J connectivity index is 2.90. The minimum absolute atomic E-state index is 0.427. The summed E-state index contributed by atoms with van der Waals surface area (Å²) in [5, 5.41) is 0. The van der Waals surface area contributed by atoms with Crippen LogP contribution >= 0.6 is 0 Å². The third kappa shape index (κ3) is 1.51. The van der Waals surface area contributed by atoms with Crippen LogP contribution in [0.15, 0.2) is 23.1 Å². The monoisotopic (exact) mass is 154 g/mol. The molecule has 1 radical (unpaired) electrons. The van der Waals surface area contributed by atoms with E-state index in [0.717, 1.165) is 5.75 Å². The Labute approximate surface area is 63.3 Å². The molecule has 1 rings (SSSR count). The summed E-state index contributed by atoms with van der Waals surface area (Å²) in [6, 6.07) is 7.81. The first-order chi connectivity index (χ1) is 4.86. The topological polar surface area (TPSA) is 26.3 Å². The molecule has 0 unspecified atom stereocenters. The second-order valence-electron chi connectivity index (χ2n) is 1.68. The number of ether oxygens (including phenoxy) is 1. The largest absolute Gasteiger partial charge is 0.505 e. The SMILES string of the molecule is COc1c[c]c([S+]=O)cc1. The van der Waals surface area contributed by atoms with Gasteiger partial charge in [0.05, 0.1) is 13.2 Å². The zero-order valence-electron chi connectivity index (χ0n) is 5.46. The van der Waals surface area contributed by atoms with Gasteiger partial charge in [-0.15, -0.1) is 0 Å². The van der Waals surface area contributed by atoms with Crippen LogP contribution in [0.3, 0.4) is 0 Å². The van der Waals surface area contributed by atoms with Gasteiger partial charge in [-0.2, -0.15) is 0 Å². The van der Waals surface area contributed by atoms with E-state index in [9.17, 15) is 4.21 Å². The number of benzene rings is 1. The van der Waals surface area contributed by atoms with Gasteiger partial charge >= 0.3 is 11.7 Å². The van der Waals surface area contributed by atoms with E-state index in [1.165, 1.54) is 0 Å². The van der Waals surface area contributed by atoms with E-state index in [1.807, 2.05) is 0 Å². The van der Waals surface area contributed by atoms with Crippen LogP contribution in [-0.4, -0.2) is 7.11 Å². The molecular weight excluding hydrogens is 148 g/mol. The Kier molecular flexibility index (Phi) is 2.34. The second kappa shape index (κ2) is 3.27. The lowest BCUT2D eigenvalue weighted by atomic mass is 10.3. The average Bonchev–Trinajstić information content (AvgIpc) is 2.05. The minimum Gasteiger partial charge on any atom is -0.497 e. The van der Waals surface area contributed by atoms with Gasteiger partial charge in [0.25, 0.3) is 4.90 Å². The Morgan fingerprint density at radius 2 is 2.40 bits per heavy atom. The summed E-state index contributed by atoms with van der Waals surface area (Å²) in [7, 11) is 1.58. The van der Waals surface area contributed by atoms with Crippen LogP contribution in [-0.2, 0) is 15.9 Å². The van der Waals surface area contributed by atoms with Crippen molar-refractivity contribution in [1.29, 1.82) is 0 Å². The maximum Gasteiger partial charge on any atom is 0.505 e. The maximum absolute atomic E-state index is 10.2. The van der Waals surface area contributed by atoms with Crippen LogP contribution < -0.4 is 4.74 Å². The van der Waals surface area contributed by atoms with Crippen LogP contribution in [0.1, 0.15) is 0 Å². The van der Waals surface area contributed by atoms with Gasteiger partial charge in [0.1, 0.15) is 5.75 Å². The first-order valence-electron chi connectivity index (χ1n) is 2.72. The summed E-state index contributed by atoms with van der Waals surface area (Å²) in [6.45, 7) is 0. The molecule has 0 aliphatic heterocycles. The second-order valence-corrected chi connectivity index (χ2v) is 2.28. The van der Waals surface area contributed by atoms with Gasteiger partial charge in [-0.3, -0.25) is 0 Å². The first-order valence-corrected chi connectivity index (χ1v) is 3.46. The normalized spacial score (nSPS) is 8.90. The Hall–Kier alpha value is -0.960. The molecule has 0 spiro atoms. The third-order valence-electron chi connectivity index (χ3n) is 1.08. The fraction of sp³-hybridized carbons (Fsp3) is 0.143. The molecule has 3 heteroatoms. The molecule has 10 heavy (non-hydrogen) atoms. The zero-order chi connectivity index (χ0) is 7.40. The maximum atomic E-state index is 10.2. The lowest BCUT2D eigenvalue weighted by molar-refractivity contribution is 0.414. The van der Waals surface area contributed by atoms with Gasteiger partial charge in [-0.05, 0) is 12.1 Å². The van der Waals surface area contributed by atoms with Gasteiger partial charge in [0.2, 0.25) is 0 Å². The van der Waals surface area contributed by atoms with Crippen molar-refractivity contribution in [1.82, 2.24) is 0 Å². The summed E-state index contributed by atoms with van der Waals surface area (Å²) in [5.41, 5.74) is 0. The Morgan fingerprint density at radius 3 is 2.80 bits per heavy atom. The van der Waals surface area contributed by atoms with Gasteiger partial charge in [0.15, 0.2) is 0 Å². The lowest BCUT2D eigenvalue weighted by Crippen LogP contribution is -1.81. The van der Waals surface area contributed by atoms with Crippen molar-refractivity contribution in [3.63, 3.8) is 0 Å². The fourth-order valence-corrected chi connectivity index (χ4v) is 0.806. The smallest absolute Gasteiger partial charge is 0.497 e. The molecule has 2 nitrogen and oxygen atoms in total. The van der Waals surface area contributed by atoms with Crippen LogP contribution in [0.4, 0.5) is 0 Å². The predicted octanol–water partition coefficient (Wildman–Crippen LogP) is 1.28. The van der Waals surface area contributed by atoms with Gasteiger partial charge in [0, 0.05) is 10.3 Å². The molecule has 0 N–H and O–H groups in total. The van der Waals surface area contributed by atoms with Crippen LogP contribution in [0.2, 0.25) is 0 Å². The van der Waals surface area contributed by atoms with Gasteiger partial charge in [-0.25, -0.2) is 0 Å². The number of rotatable bonds is 2.